The van der Waals surface area contributed by atoms with Crippen LogP contribution in [0, 0.1) is 0 Å². The molecule has 1 heterocycles. The van der Waals surface area contributed by atoms with E-state index in [1.165, 1.54) is 4.90 Å². The van der Waals surface area contributed by atoms with E-state index in [9.17, 15) is 24.3 Å². The zero-order valence-corrected chi connectivity index (χ0v) is 34.9. The van der Waals surface area contributed by atoms with Gasteiger partial charge in [-0.1, -0.05) is 61.4 Å². The van der Waals surface area contributed by atoms with E-state index in [2.05, 4.69) is 10.2 Å². The number of carboxylic acid groups (broad SMARTS) is 1. The van der Waals surface area contributed by atoms with Crippen molar-refractivity contribution in [1.82, 2.24) is 19.6 Å². The van der Waals surface area contributed by atoms with Crippen molar-refractivity contribution in [2.75, 3.05) is 77.2 Å². The van der Waals surface area contributed by atoms with Crippen LogP contribution in [0.5, 0.6) is 0 Å². The molecular formula is C45H64N6O6. The second-order valence-electron chi connectivity index (χ2n) is 16.1. The summed E-state index contributed by atoms with van der Waals surface area (Å²) >= 11 is 0. The first-order valence-corrected chi connectivity index (χ1v) is 20.4. The molecular weight excluding hydrogens is 721 g/mol. The van der Waals surface area contributed by atoms with Gasteiger partial charge in [0, 0.05) is 96.2 Å². The zero-order valence-electron chi connectivity index (χ0n) is 34.9. The third kappa shape index (κ3) is 14.4. The highest BCUT2D eigenvalue weighted by molar-refractivity contribution is 5.94. The molecule has 0 bridgehead atoms. The maximum atomic E-state index is 12.9. The van der Waals surface area contributed by atoms with Gasteiger partial charge < -0.3 is 34.8 Å². The molecule has 57 heavy (non-hydrogen) atoms. The van der Waals surface area contributed by atoms with Gasteiger partial charge in [0.2, 0.25) is 5.91 Å². The fourth-order valence-electron chi connectivity index (χ4n) is 7.03. The first kappa shape index (κ1) is 44.6. The average Bonchev–Trinajstić information content (AvgIpc) is 3.19. The number of carbonyl (C=O) groups excluding carboxylic acids is 3. The topological polar surface area (TPSA) is 126 Å². The molecule has 310 valence electrons. The summed E-state index contributed by atoms with van der Waals surface area (Å²) in [6, 6.07) is 25.0. The van der Waals surface area contributed by atoms with Gasteiger partial charge in [0.25, 0.3) is 5.91 Å². The molecule has 1 aliphatic heterocycles. The van der Waals surface area contributed by atoms with Gasteiger partial charge in [0.15, 0.2) is 0 Å². The second-order valence-corrected chi connectivity index (χ2v) is 16.1. The minimum absolute atomic E-state index is 0.0622. The van der Waals surface area contributed by atoms with Crippen LogP contribution in [0.25, 0.3) is 11.1 Å². The van der Waals surface area contributed by atoms with Crippen LogP contribution in [0.1, 0.15) is 82.5 Å². The van der Waals surface area contributed by atoms with Crippen molar-refractivity contribution in [2.24, 2.45) is 0 Å². The highest BCUT2D eigenvalue weighted by Gasteiger charge is 2.31. The predicted molar refractivity (Wildman–Crippen MR) is 228 cm³/mol. The fourth-order valence-corrected chi connectivity index (χ4v) is 7.03. The van der Waals surface area contributed by atoms with E-state index in [-0.39, 0.29) is 23.9 Å². The summed E-state index contributed by atoms with van der Waals surface area (Å²) in [6.07, 6.45) is 5.20. The minimum Gasteiger partial charge on any atom is -0.465 e. The van der Waals surface area contributed by atoms with Crippen molar-refractivity contribution in [1.29, 1.82) is 0 Å². The number of ether oxygens (including phenoxy) is 1. The smallest absolute Gasteiger partial charge is 0.412 e. The number of para-hydroxylation sites is 1. The normalized spacial score (nSPS) is 13.4. The van der Waals surface area contributed by atoms with E-state index >= 15 is 0 Å². The van der Waals surface area contributed by atoms with Crippen molar-refractivity contribution in [2.45, 2.75) is 83.8 Å². The number of piperidine rings is 1. The lowest BCUT2D eigenvalue weighted by atomic mass is 9.98. The number of likely N-dealkylation sites (tertiary alicyclic amines) is 1. The number of nitrogens with one attached hydrogen (secondary N) is 1. The molecule has 0 atom stereocenters. The Labute approximate surface area is 339 Å². The number of nitrogens with zero attached hydrogens (tertiary/aromatic N) is 5. The van der Waals surface area contributed by atoms with E-state index in [0.717, 1.165) is 87.2 Å². The summed E-state index contributed by atoms with van der Waals surface area (Å²) in [4.78, 5) is 59.3. The van der Waals surface area contributed by atoms with E-state index in [1.807, 2.05) is 112 Å². The van der Waals surface area contributed by atoms with Gasteiger partial charge in [-0.3, -0.25) is 14.5 Å². The van der Waals surface area contributed by atoms with Crippen molar-refractivity contribution >= 4 is 35.4 Å². The molecule has 0 aromatic heterocycles. The van der Waals surface area contributed by atoms with Crippen molar-refractivity contribution in [3.8, 4) is 11.1 Å². The molecule has 1 fully saturated rings. The van der Waals surface area contributed by atoms with Gasteiger partial charge in [0.05, 0.1) is 5.69 Å². The average molecular weight is 785 g/mol. The molecule has 1 saturated heterocycles. The first-order chi connectivity index (χ1) is 27.2. The standard InChI is InChI=1S/C45H64N6O6/c1-45(2,3)57-44(56)49(6)30-16-29-48(5)42(53)36-22-24-37(25-23-36)46-28-15-8-7-12-21-41(52)47(4)33-34-50-31-26-38(27-32-50)51(43(54)55)40-20-14-13-19-39(40)35-17-10-9-11-18-35/h9-11,13-14,17-20,22-25,38,46H,7-8,12,15-16,21,26-34H2,1-6H3,(H,54,55). The molecule has 3 aromatic rings. The van der Waals surface area contributed by atoms with Crippen LogP contribution >= 0.6 is 0 Å². The lowest BCUT2D eigenvalue weighted by Crippen LogP contribution is -2.48. The number of anilines is 2. The number of unbranched alkanes of at least 4 members (excludes halogenated alkanes) is 3. The third-order valence-corrected chi connectivity index (χ3v) is 10.4. The summed E-state index contributed by atoms with van der Waals surface area (Å²) in [7, 11) is 5.34. The lowest BCUT2D eigenvalue weighted by molar-refractivity contribution is -0.130. The highest BCUT2D eigenvalue weighted by Crippen LogP contribution is 2.34. The van der Waals surface area contributed by atoms with Gasteiger partial charge in [-0.25, -0.2) is 9.59 Å². The number of hydrogen-bond acceptors (Lipinski definition) is 7. The molecule has 2 N–H and O–H groups in total. The number of benzene rings is 3. The molecule has 0 spiro atoms. The SMILES string of the molecule is CN(CCN1CCC(N(C(=O)O)c2ccccc2-c2ccccc2)CC1)C(=O)CCCCCCNc1ccc(C(=O)N(C)CCCN(C)C(=O)OC(C)(C)C)cc1. The van der Waals surface area contributed by atoms with Crippen LogP contribution in [-0.4, -0.2) is 127 Å². The molecule has 0 radical (unpaired) electrons. The molecule has 12 heteroatoms. The quantitative estimate of drug-likeness (QED) is 0.117. The first-order valence-electron chi connectivity index (χ1n) is 20.4. The molecule has 0 aliphatic carbocycles. The summed E-state index contributed by atoms with van der Waals surface area (Å²) < 4.78 is 5.38. The van der Waals surface area contributed by atoms with Crippen LogP contribution in [-0.2, 0) is 9.53 Å². The fraction of sp³-hybridized carbons (Fsp3) is 0.511. The van der Waals surface area contributed by atoms with Crippen LogP contribution in [0.4, 0.5) is 21.0 Å². The van der Waals surface area contributed by atoms with Crippen LogP contribution in [0.2, 0.25) is 0 Å². The molecule has 0 unspecified atom stereocenters. The number of likely N-dealkylation sites (N-methyl/N-ethyl adjacent to an activating group) is 1. The molecule has 0 saturated carbocycles. The number of carbonyl (C=O) groups is 4. The Kier molecular flexibility index (Phi) is 17.2. The summed E-state index contributed by atoms with van der Waals surface area (Å²) in [5.74, 6) is 0.0961. The molecule has 3 aromatic carbocycles. The largest absolute Gasteiger partial charge is 0.465 e. The monoisotopic (exact) mass is 784 g/mol. The van der Waals surface area contributed by atoms with E-state index < -0.39 is 11.7 Å². The Bertz CT molecular complexity index is 1720. The van der Waals surface area contributed by atoms with Crippen molar-refractivity contribution in [3.05, 3.63) is 84.4 Å². The number of hydrogen-bond donors (Lipinski definition) is 2. The predicted octanol–water partition coefficient (Wildman–Crippen LogP) is 8.15. The highest BCUT2D eigenvalue weighted by atomic mass is 16.6. The summed E-state index contributed by atoms with van der Waals surface area (Å²) in [5.41, 5.74) is 3.66. The van der Waals surface area contributed by atoms with Crippen LogP contribution in [0.3, 0.4) is 0 Å². The Morgan fingerprint density at radius 1 is 0.754 bits per heavy atom. The van der Waals surface area contributed by atoms with Gasteiger partial charge in [-0.05, 0) is 88.8 Å². The van der Waals surface area contributed by atoms with Crippen LogP contribution in [0.15, 0.2) is 78.9 Å². The number of amides is 4. The Hall–Kier alpha value is -5.10. The van der Waals surface area contributed by atoms with E-state index in [4.69, 9.17) is 4.74 Å². The van der Waals surface area contributed by atoms with Gasteiger partial charge >= 0.3 is 12.2 Å². The summed E-state index contributed by atoms with van der Waals surface area (Å²) in [6.45, 7) is 10.3. The molecule has 1 aliphatic rings. The van der Waals surface area contributed by atoms with Crippen molar-refractivity contribution in [3.63, 3.8) is 0 Å². The summed E-state index contributed by atoms with van der Waals surface area (Å²) in [5, 5.41) is 13.7. The second kappa shape index (κ2) is 22.0. The van der Waals surface area contributed by atoms with Gasteiger partial charge in [-0.2, -0.15) is 0 Å². The van der Waals surface area contributed by atoms with Gasteiger partial charge in [-0.15, -0.1) is 0 Å². The van der Waals surface area contributed by atoms with E-state index in [1.54, 1.807) is 23.9 Å². The van der Waals surface area contributed by atoms with Gasteiger partial charge in [0.1, 0.15) is 5.60 Å². The van der Waals surface area contributed by atoms with E-state index in [0.29, 0.717) is 38.0 Å². The minimum atomic E-state index is -0.932. The lowest BCUT2D eigenvalue weighted by Gasteiger charge is -2.38. The van der Waals surface area contributed by atoms with Crippen molar-refractivity contribution < 1.29 is 29.0 Å². The maximum Gasteiger partial charge on any atom is 0.412 e. The third-order valence-electron chi connectivity index (χ3n) is 10.4. The Morgan fingerprint density at radius 2 is 1.39 bits per heavy atom. The molecule has 4 rings (SSSR count). The Balaban J connectivity index is 1.06. The zero-order chi connectivity index (χ0) is 41.4. The van der Waals surface area contributed by atoms with Crippen LogP contribution < -0.4 is 10.2 Å². The number of rotatable bonds is 19. The molecule has 12 nitrogen and oxygen atoms in total. The maximum absolute atomic E-state index is 12.9. The molecule has 4 amide bonds. The Morgan fingerprint density at radius 3 is 2.05 bits per heavy atom.